The monoisotopic (exact) mass is 295 g/mol. The first-order valence-electron chi connectivity index (χ1n) is 7.88. The molecule has 4 aliphatic rings. The van der Waals surface area contributed by atoms with Crippen molar-refractivity contribution in [1.82, 2.24) is 0 Å². The first-order valence-corrected chi connectivity index (χ1v) is 7.88. The average molecular weight is 295 g/mol. The van der Waals surface area contributed by atoms with E-state index in [1.807, 2.05) is 12.1 Å². The summed E-state index contributed by atoms with van der Waals surface area (Å²) < 4.78 is 5.34. The second-order valence-corrected chi connectivity index (χ2v) is 6.90. The number of hydrogen-bond acceptors (Lipinski definition) is 3. The third kappa shape index (κ3) is 1.21. The van der Waals surface area contributed by atoms with E-state index >= 15 is 0 Å². The number of fused-ring (bicyclic) bond motifs is 3. The van der Waals surface area contributed by atoms with Gasteiger partial charge in [-0.3, -0.25) is 9.59 Å². The summed E-state index contributed by atoms with van der Waals surface area (Å²) in [6.07, 6.45) is 6.71. The number of amides is 2. The molecule has 22 heavy (non-hydrogen) atoms. The van der Waals surface area contributed by atoms with Crippen LogP contribution in [0.15, 0.2) is 36.4 Å². The Kier molecular flexibility index (Phi) is 2.15. The molecule has 5 rings (SSSR count). The first kappa shape index (κ1) is 12.4. The Balaban J connectivity index is 1.59. The number of carbonyl (C=O) groups is 2. The van der Waals surface area contributed by atoms with Gasteiger partial charge < -0.3 is 4.74 Å². The van der Waals surface area contributed by atoms with Crippen LogP contribution in [0.4, 0.5) is 5.69 Å². The number of carbonyl (C=O) groups excluding carboxylic acids is 2. The molecule has 2 saturated carbocycles. The molecule has 4 atom stereocenters. The van der Waals surface area contributed by atoms with Crippen molar-refractivity contribution in [2.45, 2.75) is 12.8 Å². The van der Waals surface area contributed by atoms with E-state index in [9.17, 15) is 9.59 Å². The lowest BCUT2D eigenvalue weighted by Gasteiger charge is -2.22. The van der Waals surface area contributed by atoms with Crippen molar-refractivity contribution in [3.63, 3.8) is 0 Å². The van der Waals surface area contributed by atoms with E-state index < -0.39 is 0 Å². The molecular weight excluding hydrogens is 278 g/mol. The van der Waals surface area contributed by atoms with Crippen LogP contribution >= 0.6 is 0 Å². The zero-order valence-electron chi connectivity index (χ0n) is 12.4. The van der Waals surface area contributed by atoms with Gasteiger partial charge in [0.1, 0.15) is 5.75 Å². The van der Waals surface area contributed by atoms with Crippen LogP contribution in [0.3, 0.4) is 0 Å². The van der Waals surface area contributed by atoms with Gasteiger partial charge in [-0.05, 0) is 42.2 Å². The van der Waals surface area contributed by atoms with Crippen molar-refractivity contribution in [2.75, 3.05) is 12.0 Å². The smallest absolute Gasteiger partial charge is 0.238 e. The number of hydrogen-bond donors (Lipinski definition) is 0. The van der Waals surface area contributed by atoms with Crippen LogP contribution in [0, 0.1) is 29.1 Å². The summed E-state index contributed by atoms with van der Waals surface area (Å²) in [5.74, 6) is 0.706. The number of imide groups is 1. The minimum absolute atomic E-state index is 0.0392. The molecule has 4 nitrogen and oxygen atoms in total. The van der Waals surface area contributed by atoms with E-state index in [-0.39, 0.29) is 40.9 Å². The normalized spacial score (nSPS) is 36.3. The highest BCUT2D eigenvalue weighted by Crippen LogP contribution is 2.73. The third-order valence-electron chi connectivity index (χ3n) is 6.18. The SMILES string of the molecule is COc1ccccc1N1C(=O)[C@@H]2[C@H](C1=O)[C@@H]1C=C[C@@H]2C12CC2. The number of ether oxygens (including phenoxy) is 1. The molecule has 0 N–H and O–H groups in total. The van der Waals surface area contributed by atoms with Crippen molar-refractivity contribution < 1.29 is 14.3 Å². The first-order chi connectivity index (χ1) is 10.7. The fraction of sp³-hybridized carbons (Fsp3) is 0.444. The molecule has 112 valence electrons. The van der Waals surface area contributed by atoms with Gasteiger partial charge in [0, 0.05) is 0 Å². The standard InChI is InChI=1S/C18H17NO3/c1-22-13-5-3-2-4-12(13)19-16(20)14-10-6-7-11(15(14)17(19)21)18(10)8-9-18/h2-7,10-11,14-15H,8-9H2,1H3/t10-,11-,14-,15+/m0/s1. The predicted molar refractivity (Wildman–Crippen MR) is 80.3 cm³/mol. The zero-order valence-corrected chi connectivity index (χ0v) is 12.4. The molecule has 2 amide bonds. The Bertz CT molecular complexity index is 700. The van der Waals surface area contributed by atoms with Crippen molar-refractivity contribution in [3.05, 3.63) is 36.4 Å². The Labute approximate surface area is 128 Å². The molecule has 1 aromatic rings. The topological polar surface area (TPSA) is 46.6 Å². The second-order valence-electron chi connectivity index (χ2n) is 6.90. The van der Waals surface area contributed by atoms with E-state index in [1.165, 1.54) is 4.90 Å². The van der Waals surface area contributed by atoms with Gasteiger partial charge in [-0.1, -0.05) is 24.3 Å². The number of nitrogens with zero attached hydrogens (tertiary/aromatic N) is 1. The summed E-state index contributed by atoms with van der Waals surface area (Å²) in [4.78, 5) is 27.3. The highest BCUT2D eigenvalue weighted by Gasteiger charge is 2.73. The minimum Gasteiger partial charge on any atom is -0.495 e. The molecule has 1 spiro atoms. The van der Waals surface area contributed by atoms with Gasteiger partial charge in [-0.15, -0.1) is 0 Å². The molecule has 4 heteroatoms. The Hall–Kier alpha value is -2.10. The van der Waals surface area contributed by atoms with Gasteiger partial charge in [0.15, 0.2) is 0 Å². The lowest BCUT2D eigenvalue weighted by atomic mass is 9.85. The maximum Gasteiger partial charge on any atom is 0.238 e. The number of para-hydroxylation sites is 2. The van der Waals surface area contributed by atoms with Gasteiger partial charge in [-0.25, -0.2) is 4.90 Å². The van der Waals surface area contributed by atoms with Crippen molar-refractivity contribution in [3.8, 4) is 5.75 Å². The fourth-order valence-electron chi connectivity index (χ4n) is 5.13. The van der Waals surface area contributed by atoms with Crippen LogP contribution < -0.4 is 9.64 Å². The maximum atomic E-state index is 13.0. The summed E-state index contributed by atoms with van der Waals surface area (Å²) >= 11 is 0. The summed E-state index contributed by atoms with van der Waals surface area (Å²) in [6, 6.07) is 7.26. The summed E-state index contributed by atoms with van der Waals surface area (Å²) in [6.45, 7) is 0. The number of benzene rings is 1. The van der Waals surface area contributed by atoms with Crippen LogP contribution in [-0.2, 0) is 9.59 Å². The van der Waals surface area contributed by atoms with E-state index in [0.717, 1.165) is 12.8 Å². The highest BCUT2D eigenvalue weighted by atomic mass is 16.5. The van der Waals surface area contributed by atoms with Gasteiger partial charge >= 0.3 is 0 Å². The summed E-state index contributed by atoms with van der Waals surface area (Å²) in [7, 11) is 1.56. The Morgan fingerprint density at radius 2 is 1.64 bits per heavy atom. The lowest BCUT2D eigenvalue weighted by Crippen LogP contribution is -2.35. The van der Waals surface area contributed by atoms with Crippen LogP contribution in [0.2, 0.25) is 0 Å². The molecule has 0 aromatic heterocycles. The van der Waals surface area contributed by atoms with Gasteiger partial charge in [-0.2, -0.15) is 0 Å². The molecule has 1 aromatic carbocycles. The van der Waals surface area contributed by atoms with E-state index in [2.05, 4.69) is 12.2 Å². The zero-order chi connectivity index (χ0) is 15.1. The predicted octanol–water partition coefficient (Wildman–Crippen LogP) is 2.40. The molecule has 0 radical (unpaired) electrons. The minimum atomic E-state index is -0.157. The average Bonchev–Trinajstić information content (AvgIpc) is 3.13. The van der Waals surface area contributed by atoms with Gasteiger partial charge in [0.25, 0.3) is 0 Å². The summed E-state index contributed by atoms with van der Waals surface area (Å²) in [5, 5.41) is 0. The van der Waals surface area contributed by atoms with Crippen LogP contribution in [0.1, 0.15) is 12.8 Å². The molecule has 1 heterocycles. The lowest BCUT2D eigenvalue weighted by molar-refractivity contribution is -0.123. The van der Waals surface area contributed by atoms with E-state index in [1.54, 1.807) is 19.2 Å². The third-order valence-corrected chi connectivity index (χ3v) is 6.18. The molecule has 3 aliphatic carbocycles. The van der Waals surface area contributed by atoms with E-state index in [4.69, 9.17) is 4.74 Å². The maximum absolute atomic E-state index is 13.0. The molecular formula is C18H17NO3. The number of anilines is 1. The highest BCUT2D eigenvalue weighted by molar-refractivity contribution is 6.23. The van der Waals surface area contributed by atoms with Gasteiger partial charge in [0.2, 0.25) is 11.8 Å². The molecule has 3 fully saturated rings. The molecule has 2 bridgehead atoms. The Morgan fingerprint density at radius 3 is 2.18 bits per heavy atom. The van der Waals surface area contributed by atoms with Crippen LogP contribution in [-0.4, -0.2) is 18.9 Å². The second kappa shape index (κ2) is 3.80. The fourth-order valence-corrected chi connectivity index (χ4v) is 5.13. The number of rotatable bonds is 2. The van der Waals surface area contributed by atoms with Crippen molar-refractivity contribution >= 4 is 17.5 Å². The van der Waals surface area contributed by atoms with E-state index in [0.29, 0.717) is 11.4 Å². The van der Waals surface area contributed by atoms with Crippen LogP contribution in [0.5, 0.6) is 5.75 Å². The Morgan fingerprint density at radius 1 is 1.05 bits per heavy atom. The number of methoxy groups -OCH3 is 1. The number of allylic oxidation sites excluding steroid dienone is 2. The summed E-state index contributed by atoms with van der Waals surface area (Å²) in [5.41, 5.74) is 0.826. The van der Waals surface area contributed by atoms with Gasteiger partial charge in [0.05, 0.1) is 24.6 Å². The van der Waals surface area contributed by atoms with Crippen LogP contribution in [0.25, 0.3) is 0 Å². The van der Waals surface area contributed by atoms with Crippen molar-refractivity contribution in [2.24, 2.45) is 29.1 Å². The molecule has 1 saturated heterocycles. The molecule has 1 aliphatic heterocycles. The van der Waals surface area contributed by atoms with Crippen molar-refractivity contribution in [1.29, 1.82) is 0 Å². The quantitative estimate of drug-likeness (QED) is 0.622. The largest absolute Gasteiger partial charge is 0.495 e. The molecule has 0 unspecified atom stereocenters.